The van der Waals surface area contributed by atoms with Crippen molar-refractivity contribution < 1.29 is 13.6 Å². The van der Waals surface area contributed by atoms with Crippen molar-refractivity contribution in [1.82, 2.24) is 10.3 Å². The van der Waals surface area contributed by atoms with E-state index in [1.54, 1.807) is 6.92 Å². The van der Waals surface area contributed by atoms with Gasteiger partial charge in [-0.15, -0.1) is 0 Å². The average molecular weight is 258 g/mol. The minimum atomic E-state index is -2.98. The molecular weight excluding hydrogens is 242 g/mol. The number of hydrogen-bond donors (Lipinski definition) is 3. The molecule has 0 saturated carbocycles. The first kappa shape index (κ1) is 14.3. The van der Waals surface area contributed by atoms with E-state index in [0.29, 0.717) is 12.2 Å². The van der Waals surface area contributed by atoms with Crippen molar-refractivity contribution in [3.8, 4) is 0 Å². The van der Waals surface area contributed by atoms with E-state index >= 15 is 0 Å². The maximum absolute atomic E-state index is 12.9. The summed E-state index contributed by atoms with van der Waals surface area (Å²) < 4.78 is 25.9. The molecule has 1 rings (SSSR count). The number of halogens is 2. The smallest absolute Gasteiger partial charge is 0.276 e. The normalized spacial score (nSPS) is 11.1. The van der Waals surface area contributed by atoms with E-state index in [9.17, 15) is 13.6 Å². The molecule has 0 radical (unpaired) electrons. The lowest BCUT2D eigenvalue weighted by Gasteiger charge is -2.15. The van der Waals surface area contributed by atoms with Gasteiger partial charge in [0.2, 0.25) is 0 Å². The van der Waals surface area contributed by atoms with Crippen molar-refractivity contribution >= 4 is 11.6 Å². The Morgan fingerprint density at radius 3 is 2.89 bits per heavy atom. The number of carbonyl (C=O) groups is 1. The van der Waals surface area contributed by atoms with Gasteiger partial charge < -0.3 is 16.4 Å². The summed E-state index contributed by atoms with van der Waals surface area (Å²) in [5, 5.41) is 5.10. The van der Waals surface area contributed by atoms with Crippen LogP contribution in [0.5, 0.6) is 0 Å². The third kappa shape index (κ3) is 4.25. The second-order valence-corrected chi connectivity index (χ2v) is 3.70. The molecule has 0 aliphatic rings. The van der Waals surface area contributed by atoms with Gasteiger partial charge in [0, 0.05) is 18.4 Å². The Labute approximate surface area is 104 Å². The van der Waals surface area contributed by atoms with Gasteiger partial charge in [0.15, 0.2) is 0 Å². The van der Waals surface area contributed by atoms with Gasteiger partial charge in [-0.25, -0.2) is 8.78 Å². The minimum Gasteiger partial charge on any atom is -0.379 e. The highest BCUT2D eigenvalue weighted by Crippen LogP contribution is 2.14. The highest BCUT2D eigenvalue weighted by atomic mass is 19.3. The summed E-state index contributed by atoms with van der Waals surface area (Å²) in [6.45, 7) is 0.946. The summed E-state index contributed by atoms with van der Waals surface area (Å²) in [5.74, 6) is -3.32. The Balaban J connectivity index is 2.68. The van der Waals surface area contributed by atoms with Crippen LogP contribution in [0.1, 0.15) is 17.4 Å². The fourth-order valence-corrected chi connectivity index (χ4v) is 1.22. The second-order valence-electron chi connectivity index (χ2n) is 3.70. The van der Waals surface area contributed by atoms with Crippen LogP contribution in [0.4, 0.5) is 14.5 Å². The van der Waals surface area contributed by atoms with Crippen molar-refractivity contribution in [3.63, 3.8) is 0 Å². The molecule has 4 N–H and O–H groups in total. The summed E-state index contributed by atoms with van der Waals surface area (Å²) in [7, 11) is 0. The van der Waals surface area contributed by atoms with Crippen LogP contribution >= 0.6 is 0 Å². The largest absolute Gasteiger partial charge is 0.379 e. The zero-order chi connectivity index (χ0) is 13.6. The van der Waals surface area contributed by atoms with Crippen LogP contribution in [-0.2, 0) is 0 Å². The Bertz CT molecular complexity index is 412. The zero-order valence-electron chi connectivity index (χ0n) is 10.0. The Morgan fingerprint density at radius 1 is 1.56 bits per heavy atom. The Morgan fingerprint density at radius 2 is 2.28 bits per heavy atom. The Kier molecular flexibility index (Phi) is 4.96. The summed E-state index contributed by atoms with van der Waals surface area (Å²) in [4.78, 5) is 15.3. The molecule has 0 atom stereocenters. The van der Waals surface area contributed by atoms with Gasteiger partial charge in [-0.05, 0) is 19.1 Å². The molecule has 1 amide bonds. The number of amides is 1. The number of rotatable bonds is 6. The minimum absolute atomic E-state index is 0.179. The summed E-state index contributed by atoms with van der Waals surface area (Å²) in [6.07, 6.45) is 1.38. The van der Waals surface area contributed by atoms with Gasteiger partial charge in [-0.2, -0.15) is 0 Å². The lowest BCUT2D eigenvalue weighted by molar-refractivity contribution is 0.0254. The van der Waals surface area contributed by atoms with Gasteiger partial charge in [0.05, 0.1) is 13.1 Å². The number of nitrogens with one attached hydrogen (secondary N) is 2. The predicted octanol–water partition coefficient (Wildman–Crippen LogP) is 0.837. The van der Waals surface area contributed by atoms with Gasteiger partial charge in [-0.1, -0.05) is 0 Å². The zero-order valence-corrected chi connectivity index (χ0v) is 10.0. The van der Waals surface area contributed by atoms with Gasteiger partial charge >= 0.3 is 0 Å². The summed E-state index contributed by atoms with van der Waals surface area (Å²) in [6, 6.07) is 2.92. The van der Waals surface area contributed by atoms with Gasteiger partial charge in [0.25, 0.3) is 11.8 Å². The van der Waals surface area contributed by atoms with E-state index < -0.39 is 19.0 Å². The quantitative estimate of drug-likeness (QED) is 0.706. The van der Waals surface area contributed by atoms with E-state index in [2.05, 4.69) is 15.6 Å². The van der Waals surface area contributed by atoms with E-state index in [4.69, 9.17) is 5.73 Å². The molecule has 1 aromatic rings. The number of carbonyl (C=O) groups excluding carboxylic acids is 1. The molecular formula is C11H16F2N4O. The van der Waals surface area contributed by atoms with Gasteiger partial charge in [0.1, 0.15) is 5.69 Å². The van der Waals surface area contributed by atoms with Crippen LogP contribution in [-0.4, -0.2) is 36.4 Å². The number of pyridine rings is 1. The van der Waals surface area contributed by atoms with Crippen molar-refractivity contribution in [1.29, 1.82) is 0 Å². The summed E-state index contributed by atoms with van der Waals surface area (Å²) >= 11 is 0. The van der Waals surface area contributed by atoms with E-state index in [1.165, 1.54) is 18.3 Å². The highest BCUT2D eigenvalue weighted by molar-refractivity contribution is 5.93. The maximum Gasteiger partial charge on any atom is 0.276 e. The lowest BCUT2D eigenvalue weighted by atomic mass is 10.2. The third-order valence-electron chi connectivity index (χ3n) is 2.18. The Hall–Kier alpha value is -1.76. The average Bonchev–Trinajstić information content (AvgIpc) is 2.37. The molecule has 0 aromatic carbocycles. The first-order valence-corrected chi connectivity index (χ1v) is 5.54. The van der Waals surface area contributed by atoms with Gasteiger partial charge in [-0.3, -0.25) is 9.78 Å². The number of aromatic nitrogens is 1. The molecule has 0 unspecified atom stereocenters. The highest BCUT2D eigenvalue weighted by Gasteiger charge is 2.26. The second kappa shape index (κ2) is 6.25. The fourth-order valence-electron chi connectivity index (χ4n) is 1.22. The van der Waals surface area contributed by atoms with Crippen LogP contribution in [0.3, 0.4) is 0 Å². The van der Waals surface area contributed by atoms with Crippen molar-refractivity contribution in [3.05, 3.63) is 24.0 Å². The molecule has 18 heavy (non-hydrogen) atoms. The maximum atomic E-state index is 12.9. The predicted molar refractivity (Wildman–Crippen MR) is 64.7 cm³/mol. The number of anilines is 1. The molecule has 7 heteroatoms. The van der Waals surface area contributed by atoms with Crippen LogP contribution in [0.25, 0.3) is 0 Å². The van der Waals surface area contributed by atoms with Crippen LogP contribution in [0, 0.1) is 0 Å². The molecule has 0 fully saturated rings. The molecule has 0 aliphatic heterocycles. The number of nitrogens with zero attached hydrogens (tertiary/aromatic N) is 1. The van der Waals surface area contributed by atoms with E-state index in [-0.39, 0.29) is 11.6 Å². The van der Waals surface area contributed by atoms with Crippen LogP contribution in [0.15, 0.2) is 18.3 Å². The standard InChI is InChI=1S/C11H16F2N4O/c1-2-15-10(18)9-5-8(3-4-16-9)17-7-11(12,13)6-14/h3-5H,2,6-7,14H2,1H3,(H,15,18)(H,16,17). The first-order valence-electron chi connectivity index (χ1n) is 5.54. The van der Waals surface area contributed by atoms with E-state index in [0.717, 1.165) is 0 Å². The number of hydrogen-bond acceptors (Lipinski definition) is 4. The monoisotopic (exact) mass is 258 g/mol. The molecule has 0 saturated heterocycles. The van der Waals surface area contributed by atoms with Crippen LogP contribution in [0.2, 0.25) is 0 Å². The van der Waals surface area contributed by atoms with E-state index in [1.807, 2.05) is 0 Å². The molecule has 1 aromatic heterocycles. The first-order chi connectivity index (χ1) is 8.48. The molecule has 5 nitrogen and oxygen atoms in total. The number of nitrogens with two attached hydrogens (primary N) is 1. The molecule has 100 valence electrons. The molecule has 1 heterocycles. The lowest BCUT2D eigenvalue weighted by Crippen LogP contribution is -2.35. The molecule has 0 aliphatic carbocycles. The topological polar surface area (TPSA) is 80.0 Å². The molecule has 0 spiro atoms. The van der Waals surface area contributed by atoms with Crippen molar-refractivity contribution in [2.75, 3.05) is 25.0 Å². The van der Waals surface area contributed by atoms with Crippen LogP contribution < -0.4 is 16.4 Å². The summed E-state index contributed by atoms with van der Waals surface area (Å²) in [5.41, 5.74) is 5.50. The van der Waals surface area contributed by atoms with Crippen molar-refractivity contribution in [2.45, 2.75) is 12.8 Å². The SMILES string of the molecule is CCNC(=O)c1cc(NCC(F)(F)CN)ccn1. The van der Waals surface area contributed by atoms with Crippen molar-refractivity contribution in [2.24, 2.45) is 5.73 Å². The molecule has 0 bridgehead atoms. The number of alkyl halides is 2. The third-order valence-corrected chi connectivity index (χ3v) is 2.18. The fraction of sp³-hybridized carbons (Fsp3) is 0.455.